The molecule has 0 aliphatic rings. The summed E-state index contributed by atoms with van der Waals surface area (Å²) in [5.41, 5.74) is 5.66. The first kappa shape index (κ1) is 15.9. The molecular weight excluding hydrogens is 292 g/mol. The molecule has 0 fully saturated rings. The maximum absolute atomic E-state index is 3.48. The number of fused-ring (bicyclic) bond motifs is 1. The Balaban J connectivity index is 0.000000815. The van der Waals surface area contributed by atoms with Crippen molar-refractivity contribution < 1.29 is 0 Å². The van der Waals surface area contributed by atoms with Gasteiger partial charge >= 0.3 is 0 Å². The fraction of sp³-hybridized carbons (Fsp3) is 0.0909. The number of H-pyrrole nitrogens is 1. The Labute approximate surface area is 143 Å². The summed E-state index contributed by atoms with van der Waals surface area (Å²) in [5, 5.41) is 4.67. The van der Waals surface area contributed by atoms with Crippen molar-refractivity contribution in [1.82, 2.24) is 4.98 Å². The van der Waals surface area contributed by atoms with Crippen molar-refractivity contribution in [3.63, 3.8) is 0 Å². The van der Waals surface area contributed by atoms with Crippen LogP contribution >= 0.6 is 0 Å². The van der Waals surface area contributed by atoms with Gasteiger partial charge in [-0.3, -0.25) is 0 Å². The molecule has 1 heterocycles. The van der Waals surface area contributed by atoms with Crippen molar-refractivity contribution in [3.05, 3.63) is 84.9 Å². The number of anilines is 2. The number of para-hydroxylation sites is 2. The lowest BCUT2D eigenvalue weighted by Gasteiger charge is -2.07. The minimum Gasteiger partial charge on any atom is -0.356 e. The summed E-state index contributed by atoms with van der Waals surface area (Å²) in [5.74, 6) is 0. The molecule has 120 valence electrons. The number of rotatable bonds is 3. The summed E-state index contributed by atoms with van der Waals surface area (Å²) in [7, 11) is 0. The summed E-state index contributed by atoms with van der Waals surface area (Å²) >= 11 is 0. The van der Waals surface area contributed by atoms with Gasteiger partial charge in [0, 0.05) is 33.5 Å². The smallest absolute Gasteiger partial charge is 0.0465 e. The fourth-order valence-electron chi connectivity index (χ4n) is 2.68. The topological polar surface area (TPSA) is 27.8 Å². The summed E-state index contributed by atoms with van der Waals surface area (Å²) in [4.78, 5) is 3.48. The van der Waals surface area contributed by atoms with E-state index in [0.717, 1.165) is 17.1 Å². The maximum Gasteiger partial charge on any atom is 0.0465 e. The lowest BCUT2D eigenvalue weighted by Crippen LogP contribution is -1.90. The van der Waals surface area contributed by atoms with E-state index in [1.165, 1.54) is 16.5 Å². The molecule has 0 aliphatic heterocycles. The standard InChI is InChI=1S/C20H16N2.C2H6/c1-2-9-17(10-3-1)21-18-11-6-8-15(13-18)20-14-16-7-4-5-12-19(16)22-20;1-2/h1-14,21-22H;1-2H3. The average molecular weight is 314 g/mol. The van der Waals surface area contributed by atoms with E-state index in [4.69, 9.17) is 0 Å². The largest absolute Gasteiger partial charge is 0.356 e. The van der Waals surface area contributed by atoms with Crippen LogP contribution in [0.25, 0.3) is 22.2 Å². The van der Waals surface area contributed by atoms with Crippen molar-refractivity contribution >= 4 is 22.3 Å². The number of hydrogen-bond acceptors (Lipinski definition) is 1. The van der Waals surface area contributed by atoms with Crippen LogP contribution in [0.2, 0.25) is 0 Å². The van der Waals surface area contributed by atoms with Gasteiger partial charge in [0.2, 0.25) is 0 Å². The van der Waals surface area contributed by atoms with Gasteiger partial charge in [0.1, 0.15) is 0 Å². The maximum atomic E-state index is 3.48. The summed E-state index contributed by atoms with van der Waals surface area (Å²) in [6.45, 7) is 4.00. The van der Waals surface area contributed by atoms with E-state index >= 15 is 0 Å². The van der Waals surface area contributed by atoms with Crippen LogP contribution in [0.5, 0.6) is 0 Å². The highest BCUT2D eigenvalue weighted by molar-refractivity contribution is 5.86. The van der Waals surface area contributed by atoms with Crippen LogP contribution in [0.3, 0.4) is 0 Å². The van der Waals surface area contributed by atoms with Gasteiger partial charge in [0.15, 0.2) is 0 Å². The van der Waals surface area contributed by atoms with Gasteiger partial charge in [-0.25, -0.2) is 0 Å². The number of benzene rings is 3. The molecule has 0 spiro atoms. The van der Waals surface area contributed by atoms with Crippen molar-refractivity contribution in [3.8, 4) is 11.3 Å². The van der Waals surface area contributed by atoms with E-state index in [2.05, 4.69) is 77.0 Å². The van der Waals surface area contributed by atoms with Gasteiger partial charge in [-0.15, -0.1) is 0 Å². The Morgan fingerprint density at radius 1 is 0.667 bits per heavy atom. The molecule has 4 rings (SSSR count). The molecule has 2 N–H and O–H groups in total. The summed E-state index contributed by atoms with van der Waals surface area (Å²) < 4.78 is 0. The second-order valence-corrected chi connectivity index (χ2v) is 5.34. The van der Waals surface area contributed by atoms with Crippen LogP contribution in [0, 0.1) is 0 Å². The molecule has 0 bridgehead atoms. The zero-order valence-electron chi connectivity index (χ0n) is 14.1. The molecule has 2 nitrogen and oxygen atoms in total. The normalized spacial score (nSPS) is 10.1. The highest BCUT2D eigenvalue weighted by Gasteiger charge is 2.04. The molecule has 0 aliphatic carbocycles. The molecule has 0 atom stereocenters. The lowest BCUT2D eigenvalue weighted by molar-refractivity contribution is 1.45. The predicted molar refractivity (Wildman–Crippen MR) is 105 cm³/mol. The molecule has 0 saturated carbocycles. The Kier molecular flexibility index (Phi) is 4.97. The molecule has 24 heavy (non-hydrogen) atoms. The van der Waals surface area contributed by atoms with E-state index in [1.807, 2.05) is 32.0 Å². The second-order valence-electron chi connectivity index (χ2n) is 5.34. The van der Waals surface area contributed by atoms with Gasteiger partial charge in [0.25, 0.3) is 0 Å². The average Bonchev–Trinajstić information content (AvgIpc) is 3.09. The zero-order chi connectivity index (χ0) is 16.8. The van der Waals surface area contributed by atoms with E-state index in [1.54, 1.807) is 0 Å². The van der Waals surface area contributed by atoms with Gasteiger partial charge in [-0.2, -0.15) is 0 Å². The Bertz CT molecular complexity index is 874. The lowest BCUT2D eigenvalue weighted by atomic mass is 10.1. The molecule has 1 aromatic heterocycles. The SMILES string of the molecule is CC.c1ccc(Nc2cccc(-c3cc4ccccc4[nH]3)c2)cc1. The molecule has 0 unspecified atom stereocenters. The monoisotopic (exact) mass is 314 g/mol. The molecule has 0 amide bonds. The quantitative estimate of drug-likeness (QED) is 0.438. The van der Waals surface area contributed by atoms with Crippen LogP contribution < -0.4 is 5.32 Å². The molecule has 2 heteroatoms. The Morgan fingerprint density at radius 2 is 1.38 bits per heavy atom. The van der Waals surface area contributed by atoms with Crippen LogP contribution in [0.15, 0.2) is 84.9 Å². The first-order chi connectivity index (χ1) is 11.9. The third kappa shape index (κ3) is 3.49. The predicted octanol–water partition coefficient (Wildman–Crippen LogP) is 6.60. The first-order valence-corrected chi connectivity index (χ1v) is 8.39. The van der Waals surface area contributed by atoms with Crippen molar-refractivity contribution in [2.24, 2.45) is 0 Å². The van der Waals surface area contributed by atoms with E-state index in [0.29, 0.717) is 0 Å². The summed E-state index contributed by atoms with van der Waals surface area (Å²) in [6, 6.07) is 29.2. The highest BCUT2D eigenvalue weighted by atomic mass is 14.9. The van der Waals surface area contributed by atoms with Gasteiger partial charge < -0.3 is 10.3 Å². The number of aromatic amines is 1. The Hall–Kier alpha value is -3.00. The molecular formula is C22H22N2. The van der Waals surface area contributed by atoms with E-state index < -0.39 is 0 Å². The molecule has 0 saturated heterocycles. The third-order valence-electron chi connectivity index (χ3n) is 3.77. The van der Waals surface area contributed by atoms with Gasteiger partial charge in [-0.1, -0.05) is 62.4 Å². The van der Waals surface area contributed by atoms with Crippen LogP contribution in [-0.2, 0) is 0 Å². The fourth-order valence-corrected chi connectivity index (χ4v) is 2.68. The minimum atomic E-state index is 1.09. The number of aromatic nitrogens is 1. The van der Waals surface area contributed by atoms with Crippen LogP contribution in [-0.4, -0.2) is 4.98 Å². The van der Waals surface area contributed by atoms with Crippen molar-refractivity contribution in [1.29, 1.82) is 0 Å². The van der Waals surface area contributed by atoms with E-state index in [9.17, 15) is 0 Å². The number of nitrogens with one attached hydrogen (secondary N) is 2. The first-order valence-electron chi connectivity index (χ1n) is 8.39. The van der Waals surface area contributed by atoms with E-state index in [-0.39, 0.29) is 0 Å². The van der Waals surface area contributed by atoms with Crippen LogP contribution in [0.4, 0.5) is 11.4 Å². The van der Waals surface area contributed by atoms with Crippen LogP contribution in [0.1, 0.15) is 13.8 Å². The minimum absolute atomic E-state index is 1.09. The second kappa shape index (κ2) is 7.51. The molecule has 0 radical (unpaired) electrons. The van der Waals surface area contributed by atoms with Gasteiger partial charge in [-0.05, 0) is 36.4 Å². The number of hydrogen-bond donors (Lipinski definition) is 2. The highest BCUT2D eigenvalue weighted by Crippen LogP contribution is 2.27. The molecule has 3 aromatic carbocycles. The zero-order valence-corrected chi connectivity index (χ0v) is 14.1. The summed E-state index contributed by atoms with van der Waals surface area (Å²) in [6.07, 6.45) is 0. The third-order valence-corrected chi connectivity index (χ3v) is 3.77. The van der Waals surface area contributed by atoms with Gasteiger partial charge in [0.05, 0.1) is 0 Å². The van der Waals surface area contributed by atoms with Crippen molar-refractivity contribution in [2.75, 3.05) is 5.32 Å². The van der Waals surface area contributed by atoms with Crippen molar-refractivity contribution in [2.45, 2.75) is 13.8 Å². The Morgan fingerprint density at radius 3 is 2.17 bits per heavy atom. The molecule has 4 aromatic rings.